The van der Waals surface area contributed by atoms with E-state index in [1.807, 2.05) is 0 Å². The molecule has 86 valence electrons. The predicted octanol–water partition coefficient (Wildman–Crippen LogP) is -0.634. The lowest BCUT2D eigenvalue weighted by molar-refractivity contribution is -0.305. The van der Waals surface area contributed by atoms with Gasteiger partial charge in [-0.15, -0.1) is 0 Å². The molecule has 0 bridgehead atoms. The molecule has 0 aromatic carbocycles. The zero-order valence-corrected chi connectivity index (χ0v) is 8.82. The Labute approximate surface area is 92.7 Å². The van der Waals surface area contributed by atoms with E-state index in [0.717, 1.165) is 17.7 Å². The van der Waals surface area contributed by atoms with Crippen LogP contribution in [0.2, 0.25) is 0 Å². The third-order valence-corrected chi connectivity index (χ3v) is 3.01. The van der Waals surface area contributed by atoms with Crippen molar-refractivity contribution >= 4 is 17.8 Å². The largest absolute Gasteiger partial charge is 0.550 e. The number of amides is 2. The van der Waals surface area contributed by atoms with E-state index >= 15 is 0 Å². The SMILES string of the molecule is O=C([O-])CCN1C(=O)C2=C(CCCC2)C1=O. The minimum absolute atomic E-state index is 0.0764. The van der Waals surface area contributed by atoms with Crippen molar-refractivity contribution in [1.82, 2.24) is 4.90 Å². The maximum absolute atomic E-state index is 11.8. The summed E-state index contributed by atoms with van der Waals surface area (Å²) >= 11 is 0. The van der Waals surface area contributed by atoms with Crippen molar-refractivity contribution in [1.29, 1.82) is 0 Å². The van der Waals surface area contributed by atoms with Gasteiger partial charge in [-0.25, -0.2) is 0 Å². The summed E-state index contributed by atoms with van der Waals surface area (Å²) in [5.41, 5.74) is 1.18. The number of hydrogen-bond acceptors (Lipinski definition) is 4. The standard InChI is InChI=1S/C11H13NO4/c13-9(14)5-6-12-10(15)7-3-1-2-4-8(7)11(12)16/h1-6H2,(H,13,14)/p-1. The van der Waals surface area contributed by atoms with Crippen molar-refractivity contribution in [3.8, 4) is 0 Å². The van der Waals surface area contributed by atoms with Crippen molar-refractivity contribution in [3.05, 3.63) is 11.1 Å². The Balaban J connectivity index is 2.12. The topological polar surface area (TPSA) is 77.5 Å². The molecule has 5 heteroatoms. The van der Waals surface area contributed by atoms with Crippen molar-refractivity contribution in [2.24, 2.45) is 0 Å². The molecule has 0 aromatic heterocycles. The molecule has 0 fully saturated rings. The number of carbonyl (C=O) groups is 3. The van der Waals surface area contributed by atoms with Crippen LogP contribution in [0.3, 0.4) is 0 Å². The molecule has 0 radical (unpaired) electrons. The lowest BCUT2D eigenvalue weighted by Crippen LogP contribution is -2.36. The third-order valence-electron chi connectivity index (χ3n) is 3.01. The van der Waals surface area contributed by atoms with E-state index < -0.39 is 5.97 Å². The Bertz CT molecular complexity index is 369. The first-order valence-corrected chi connectivity index (χ1v) is 5.39. The molecule has 1 aliphatic heterocycles. The molecule has 0 atom stereocenters. The molecule has 2 aliphatic rings. The minimum Gasteiger partial charge on any atom is -0.550 e. The van der Waals surface area contributed by atoms with E-state index in [4.69, 9.17) is 0 Å². The number of rotatable bonds is 3. The minimum atomic E-state index is -1.24. The molecular formula is C11H12NO4-. The zero-order valence-electron chi connectivity index (χ0n) is 8.82. The molecular weight excluding hydrogens is 210 g/mol. The second-order valence-electron chi connectivity index (χ2n) is 4.05. The lowest BCUT2D eigenvalue weighted by atomic mass is 9.93. The van der Waals surface area contributed by atoms with Gasteiger partial charge >= 0.3 is 0 Å². The average Bonchev–Trinajstić information content (AvgIpc) is 2.50. The van der Waals surface area contributed by atoms with Crippen molar-refractivity contribution in [3.63, 3.8) is 0 Å². The molecule has 5 nitrogen and oxygen atoms in total. The van der Waals surface area contributed by atoms with Gasteiger partial charge in [0.05, 0.1) is 0 Å². The van der Waals surface area contributed by atoms with E-state index in [2.05, 4.69) is 0 Å². The Morgan fingerprint density at radius 1 is 1.12 bits per heavy atom. The Kier molecular flexibility index (Phi) is 2.77. The van der Waals surface area contributed by atoms with Gasteiger partial charge in [0.2, 0.25) is 0 Å². The highest BCUT2D eigenvalue weighted by Gasteiger charge is 2.38. The molecule has 1 aliphatic carbocycles. The molecule has 16 heavy (non-hydrogen) atoms. The fourth-order valence-corrected chi connectivity index (χ4v) is 2.20. The van der Waals surface area contributed by atoms with Gasteiger partial charge in [-0.2, -0.15) is 0 Å². The fourth-order valence-electron chi connectivity index (χ4n) is 2.20. The van der Waals surface area contributed by atoms with Gasteiger partial charge in [0.15, 0.2) is 0 Å². The summed E-state index contributed by atoms with van der Waals surface area (Å²) in [4.78, 5) is 34.9. The van der Waals surface area contributed by atoms with Gasteiger partial charge in [-0.05, 0) is 25.7 Å². The first-order chi connectivity index (χ1) is 7.61. The Morgan fingerprint density at radius 3 is 2.06 bits per heavy atom. The second kappa shape index (κ2) is 4.08. The second-order valence-corrected chi connectivity index (χ2v) is 4.05. The summed E-state index contributed by atoms with van der Waals surface area (Å²) in [6.45, 7) is -0.0764. The molecule has 0 unspecified atom stereocenters. The summed E-state index contributed by atoms with van der Waals surface area (Å²) in [5, 5.41) is 10.3. The van der Waals surface area contributed by atoms with Crippen LogP contribution in [0.4, 0.5) is 0 Å². The monoisotopic (exact) mass is 222 g/mol. The van der Waals surface area contributed by atoms with Crippen molar-refractivity contribution in [2.45, 2.75) is 32.1 Å². The van der Waals surface area contributed by atoms with E-state index in [0.29, 0.717) is 24.0 Å². The summed E-state index contributed by atoms with van der Waals surface area (Å²) < 4.78 is 0. The summed E-state index contributed by atoms with van der Waals surface area (Å²) in [6.07, 6.45) is 2.83. The summed E-state index contributed by atoms with van der Waals surface area (Å²) in [5.74, 6) is -1.85. The first kappa shape index (κ1) is 10.9. The van der Waals surface area contributed by atoms with Crippen molar-refractivity contribution < 1.29 is 19.5 Å². The molecule has 2 amide bonds. The fraction of sp³-hybridized carbons (Fsp3) is 0.545. The summed E-state index contributed by atoms with van der Waals surface area (Å²) in [6, 6.07) is 0. The number of hydrogen-bond donors (Lipinski definition) is 0. The quantitative estimate of drug-likeness (QED) is 0.595. The zero-order chi connectivity index (χ0) is 11.7. The number of carboxylic acid groups (broad SMARTS) is 1. The van der Waals surface area contributed by atoms with Crippen LogP contribution in [0, 0.1) is 0 Å². The molecule has 0 N–H and O–H groups in total. The van der Waals surface area contributed by atoms with Gasteiger partial charge in [0.1, 0.15) is 0 Å². The normalized spacial score (nSPS) is 20.4. The van der Waals surface area contributed by atoms with Gasteiger partial charge in [0.25, 0.3) is 11.8 Å². The highest BCUT2D eigenvalue weighted by atomic mass is 16.4. The Morgan fingerprint density at radius 2 is 1.62 bits per heavy atom. The van der Waals surface area contributed by atoms with Crippen LogP contribution in [0.5, 0.6) is 0 Å². The number of aliphatic carboxylic acids is 1. The number of imide groups is 1. The van der Waals surface area contributed by atoms with E-state index in [-0.39, 0.29) is 24.8 Å². The number of nitrogens with zero attached hydrogens (tertiary/aromatic N) is 1. The van der Waals surface area contributed by atoms with E-state index in [9.17, 15) is 19.5 Å². The maximum atomic E-state index is 11.8. The number of carbonyl (C=O) groups excluding carboxylic acids is 3. The third kappa shape index (κ3) is 1.73. The van der Waals surface area contributed by atoms with Crippen molar-refractivity contribution in [2.75, 3.05) is 6.54 Å². The maximum Gasteiger partial charge on any atom is 0.257 e. The van der Waals surface area contributed by atoms with Crippen LogP contribution in [-0.4, -0.2) is 29.2 Å². The average molecular weight is 222 g/mol. The smallest absolute Gasteiger partial charge is 0.257 e. The molecule has 0 saturated carbocycles. The van der Waals surface area contributed by atoms with Gasteiger partial charge < -0.3 is 9.90 Å². The predicted molar refractivity (Wildman–Crippen MR) is 51.8 cm³/mol. The van der Waals surface area contributed by atoms with Crippen LogP contribution >= 0.6 is 0 Å². The van der Waals surface area contributed by atoms with Gasteiger partial charge in [-0.3, -0.25) is 14.5 Å². The molecule has 1 heterocycles. The first-order valence-electron chi connectivity index (χ1n) is 5.39. The lowest BCUT2D eigenvalue weighted by Gasteiger charge is -2.14. The molecule has 0 aromatic rings. The van der Waals surface area contributed by atoms with Crippen LogP contribution in [0.1, 0.15) is 32.1 Å². The highest BCUT2D eigenvalue weighted by Crippen LogP contribution is 2.32. The van der Waals surface area contributed by atoms with Gasteiger partial charge in [0, 0.05) is 30.1 Å². The highest BCUT2D eigenvalue weighted by molar-refractivity contribution is 6.19. The van der Waals surface area contributed by atoms with Crippen LogP contribution in [0.25, 0.3) is 0 Å². The van der Waals surface area contributed by atoms with Crippen LogP contribution in [-0.2, 0) is 14.4 Å². The molecule has 0 saturated heterocycles. The van der Waals surface area contributed by atoms with Gasteiger partial charge in [-0.1, -0.05) is 0 Å². The van der Waals surface area contributed by atoms with Crippen LogP contribution < -0.4 is 5.11 Å². The molecule has 2 rings (SSSR count). The Hall–Kier alpha value is -1.65. The summed E-state index contributed by atoms with van der Waals surface area (Å²) in [7, 11) is 0. The van der Waals surface area contributed by atoms with E-state index in [1.54, 1.807) is 0 Å². The molecule has 0 spiro atoms. The number of carboxylic acids is 1. The van der Waals surface area contributed by atoms with Crippen LogP contribution in [0.15, 0.2) is 11.1 Å². The van der Waals surface area contributed by atoms with E-state index in [1.165, 1.54) is 0 Å².